The van der Waals surface area contributed by atoms with Crippen molar-refractivity contribution >= 4 is 5.97 Å². The molecule has 0 amide bonds. The first kappa shape index (κ1) is 27.1. The number of aliphatic hydroxyl groups excluding tert-OH is 2. The van der Waals surface area contributed by atoms with Crippen molar-refractivity contribution in [1.82, 2.24) is 0 Å². The molecule has 0 bridgehead atoms. The molecule has 1 aliphatic carbocycles. The number of hydrogen-bond acceptors (Lipinski definition) is 7. The molecule has 2 aliphatic rings. The molecule has 1 aliphatic heterocycles. The normalized spacial score (nSPS) is 27.1. The molecule has 8 heteroatoms. The van der Waals surface area contributed by atoms with Gasteiger partial charge in [0, 0.05) is 18.3 Å². The third kappa shape index (κ3) is 7.99. The van der Waals surface area contributed by atoms with Crippen LogP contribution in [-0.2, 0) is 14.3 Å². The molecule has 2 fully saturated rings. The van der Waals surface area contributed by atoms with Crippen molar-refractivity contribution < 1.29 is 63.9 Å². The number of carboxylic acids is 1. The summed E-state index contributed by atoms with van der Waals surface area (Å²) in [5.74, 6) is -1.74. The monoisotopic (exact) mass is 454 g/mol. The number of aliphatic hydroxyl groups is 2. The summed E-state index contributed by atoms with van der Waals surface area (Å²) >= 11 is 0. The van der Waals surface area contributed by atoms with Crippen LogP contribution in [-0.4, -0.2) is 54.0 Å². The molecule has 1 saturated carbocycles. The van der Waals surface area contributed by atoms with Crippen LogP contribution in [0, 0.1) is 11.8 Å². The minimum Gasteiger partial charge on any atom is -0.550 e. The average Bonchev–Trinajstić information content (AvgIpc) is 3.32. The van der Waals surface area contributed by atoms with Crippen LogP contribution < -0.4 is 39.4 Å². The summed E-state index contributed by atoms with van der Waals surface area (Å²) in [5.41, 5.74) is 0. The standard InChI is InChI=1S/C24H32O7.Na/c25-21-16-22(26)20(19(21)10-6-1-2-7-11-23(27)28)12-13-24(30-14-15-31-24)17-29-18-8-4-3-5-9-18;/h1,3-6,8-9,12-13,19-22,25-26H,2,7,10-11,14-17H2,(H,27,28);/q;+1/p-1/b6-1-,13-12+;/t19-,20-,21+,22-;/m1./s1. The van der Waals surface area contributed by atoms with Gasteiger partial charge in [-0.15, -0.1) is 0 Å². The summed E-state index contributed by atoms with van der Waals surface area (Å²) in [6.07, 6.45) is 8.36. The molecule has 3 rings (SSSR count). The van der Waals surface area contributed by atoms with Gasteiger partial charge >= 0.3 is 29.6 Å². The second kappa shape index (κ2) is 13.5. The van der Waals surface area contributed by atoms with Crippen LogP contribution in [0.5, 0.6) is 5.75 Å². The molecule has 4 atom stereocenters. The van der Waals surface area contributed by atoms with Crippen molar-refractivity contribution in [3.8, 4) is 5.75 Å². The number of benzene rings is 1. The van der Waals surface area contributed by atoms with Crippen LogP contribution in [0.3, 0.4) is 0 Å². The summed E-state index contributed by atoms with van der Waals surface area (Å²) in [6, 6.07) is 9.41. The molecule has 1 heterocycles. The van der Waals surface area contributed by atoms with E-state index in [1.807, 2.05) is 48.6 Å². The third-order valence-electron chi connectivity index (χ3n) is 5.77. The van der Waals surface area contributed by atoms with E-state index in [0.29, 0.717) is 44.6 Å². The van der Waals surface area contributed by atoms with Gasteiger partial charge in [0.2, 0.25) is 5.79 Å². The number of rotatable bonds is 11. The maximum absolute atomic E-state index is 10.5. The van der Waals surface area contributed by atoms with E-state index in [2.05, 4.69) is 0 Å². The predicted molar refractivity (Wildman–Crippen MR) is 112 cm³/mol. The van der Waals surface area contributed by atoms with Gasteiger partial charge in [-0.3, -0.25) is 0 Å². The Hall–Kier alpha value is -1.19. The Balaban J connectivity index is 0.00000363. The molecule has 2 N–H and O–H groups in total. The first-order valence-corrected chi connectivity index (χ1v) is 10.9. The fourth-order valence-corrected chi connectivity index (χ4v) is 4.10. The maximum Gasteiger partial charge on any atom is 1.00 e. The Labute approximate surface area is 211 Å². The Bertz CT molecular complexity index is 746. The van der Waals surface area contributed by atoms with E-state index < -0.39 is 24.0 Å². The number of ether oxygens (including phenoxy) is 3. The molecule has 1 aromatic rings. The third-order valence-corrected chi connectivity index (χ3v) is 5.77. The SMILES string of the molecule is O=C([O-])CCC/C=C\C[C@@H]1[C@@H](/C=C/C2(COc3ccccc3)OCCO2)[C@H](O)C[C@@H]1O.[Na+]. The molecule has 7 nitrogen and oxygen atoms in total. The number of hydrogen-bond donors (Lipinski definition) is 2. The molecule has 0 aromatic heterocycles. The van der Waals surface area contributed by atoms with E-state index in [0.717, 1.165) is 0 Å². The summed E-state index contributed by atoms with van der Waals surface area (Å²) in [7, 11) is 0. The van der Waals surface area contributed by atoms with Crippen LogP contribution in [0.2, 0.25) is 0 Å². The summed E-state index contributed by atoms with van der Waals surface area (Å²) in [5, 5.41) is 31.4. The van der Waals surface area contributed by atoms with Crippen molar-refractivity contribution in [2.45, 2.75) is 50.1 Å². The Morgan fingerprint density at radius 3 is 2.56 bits per heavy atom. The zero-order valence-electron chi connectivity index (χ0n) is 18.6. The van der Waals surface area contributed by atoms with Crippen LogP contribution in [0.15, 0.2) is 54.6 Å². The van der Waals surface area contributed by atoms with Gasteiger partial charge in [0.1, 0.15) is 12.4 Å². The van der Waals surface area contributed by atoms with E-state index in [1.54, 1.807) is 6.08 Å². The Kier molecular flexibility index (Phi) is 11.4. The smallest absolute Gasteiger partial charge is 0.550 e. The first-order chi connectivity index (χ1) is 15.0. The van der Waals surface area contributed by atoms with E-state index in [4.69, 9.17) is 14.2 Å². The number of carboxylic acid groups (broad SMARTS) is 1. The maximum atomic E-state index is 10.5. The Morgan fingerprint density at radius 2 is 1.88 bits per heavy atom. The molecule has 170 valence electrons. The fourth-order valence-electron chi connectivity index (χ4n) is 4.10. The molecule has 1 aromatic carbocycles. The second-order valence-electron chi connectivity index (χ2n) is 8.05. The second-order valence-corrected chi connectivity index (χ2v) is 8.05. The largest absolute Gasteiger partial charge is 1.00 e. The van der Waals surface area contributed by atoms with Crippen molar-refractivity contribution in [2.75, 3.05) is 19.8 Å². The zero-order valence-corrected chi connectivity index (χ0v) is 20.6. The van der Waals surface area contributed by atoms with Crippen molar-refractivity contribution in [1.29, 1.82) is 0 Å². The summed E-state index contributed by atoms with van der Waals surface area (Å²) in [6.45, 7) is 1.09. The van der Waals surface area contributed by atoms with Gasteiger partial charge < -0.3 is 34.3 Å². The molecule has 32 heavy (non-hydrogen) atoms. The topological polar surface area (TPSA) is 108 Å². The van der Waals surface area contributed by atoms with Gasteiger partial charge in [0.05, 0.1) is 25.4 Å². The van der Waals surface area contributed by atoms with Gasteiger partial charge in [-0.25, -0.2) is 0 Å². The molecule has 0 radical (unpaired) electrons. The van der Waals surface area contributed by atoms with Gasteiger partial charge in [0.15, 0.2) is 0 Å². The van der Waals surface area contributed by atoms with Crippen LogP contribution in [0.25, 0.3) is 0 Å². The predicted octanol–water partition coefficient (Wildman–Crippen LogP) is -1.41. The quantitative estimate of drug-likeness (QED) is 0.240. The number of allylic oxidation sites excluding steroid dienone is 2. The number of para-hydroxylation sites is 1. The Morgan fingerprint density at radius 1 is 1.16 bits per heavy atom. The minimum absolute atomic E-state index is 0. The summed E-state index contributed by atoms with van der Waals surface area (Å²) in [4.78, 5) is 10.5. The van der Waals surface area contributed by atoms with E-state index in [1.165, 1.54) is 0 Å². The fraction of sp³-hybridized carbons (Fsp3) is 0.542. The zero-order chi connectivity index (χ0) is 22.1. The number of carbonyl (C=O) groups is 1. The molecule has 0 unspecified atom stereocenters. The number of carbonyl (C=O) groups excluding carboxylic acids is 1. The van der Waals surface area contributed by atoms with E-state index in [9.17, 15) is 20.1 Å². The van der Waals surface area contributed by atoms with Crippen molar-refractivity contribution in [2.24, 2.45) is 11.8 Å². The van der Waals surface area contributed by atoms with Gasteiger partial charge in [-0.2, -0.15) is 0 Å². The molecule has 1 saturated heterocycles. The number of unbranched alkanes of at least 4 members (excludes halogenated alkanes) is 1. The van der Waals surface area contributed by atoms with Crippen LogP contribution in [0.4, 0.5) is 0 Å². The van der Waals surface area contributed by atoms with Crippen LogP contribution in [0.1, 0.15) is 32.1 Å². The van der Waals surface area contributed by atoms with Crippen LogP contribution >= 0.6 is 0 Å². The minimum atomic E-state index is -1.05. The molecular formula is C24H31NaO7. The van der Waals surface area contributed by atoms with Gasteiger partial charge in [-0.1, -0.05) is 36.4 Å². The van der Waals surface area contributed by atoms with E-state index in [-0.39, 0.29) is 54.4 Å². The average molecular weight is 454 g/mol. The van der Waals surface area contributed by atoms with Gasteiger partial charge in [-0.05, 0) is 49.8 Å². The van der Waals surface area contributed by atoms with Crippen molar-refractivity contribution in [3.63, 3.8) is 0 Å². The van der Waals surface area contributed by atoms with Crippen molar-refractivity contribution in [3.05, 3.63) is 54.6 Å². The van der Waals surface area contributed by atoms with E-state index >= 15 is 0 Å². The number of aliphatic carboxylic acids is 1. The van der Waals surface area contributed by atoms with Gasteiger partial charge in [0.25, 0.3) is 0 Å². The molecular weight excluding hydrogens is 423 g/mol. The molecule has 0 spiro atoms. The first-order valence-electron chi connectivity index (χ1n) is 10.9. The summed E-state index contributed by atoms with van der Waals surface area (Å²) < 4.78 is 17.5.